The molecule has 2 rings (SSSR count). The van der Waals surface area contributed by atoms with E-state index >= 15 is 0 Å². The zero-order chi connectivity index (χ0) is 15.2. The number of hydrogen-bond acceptors (Lipinski definition) is 4. The first-order chi connectivity index (χ1) is 10.1. The number of aliphatic hydroxyl groups excluding tert-OH is 1. The van der Waals surface area contributed by atoms with Crippen molar-refractivity contribution in [3.8, 4) is 5.75 Å². The minimum Gasteiger partial charge on any atom is -0.489 e. The van der Waals surface area contributed by atoms with Crippen LogP contribution in [0.3, 0.4) is 0 Å². The maximum Gasteiger partial charge on any atom is 0.239 e. The lowest BCUT2D eigenvalue weighted by Crippen LogP contribution is -2.23. The third-order valence-corrected chi connectivity index (χ3v) is 3.24. The molecule has 2 aromatic rings. The van der Waals surface area contributed by atoms with Crippen LogP contribution in [0, 0.1) is 10.1 Å². The van der Waals surface area contributed by atoms with E-state index in [1.807, 2.05) is 30.3 Å². The van der Waals surface area contributed by atoms with E-state index in [9.17, 15) is 15.2 Å². The highest BCUT2D eigenvalue weighted by molar-refractivity contribution is 5.30. The molecule has 21 heavy (non-hydrogen) atoms. The van der Waals surface area contributed by atoms with E-state index in [1.165, 1.54) is 6.92 Å². The molecule has 5 heteroatoms. The second-order valence-corrected chi connectivity index (χ2v) is 4.82. The van der Waals surface area contributed by atoms with Crippen molar-refractivity contribution in [3.63, 3.8) is 0 Å². The fourth-order valence-corrected chi connectivity index (χ4v) is 1.92. The lowest BCUT2D eigenvalue weighted by molar-refractivity contribution is -0.531. The van der Waals surface area contributed by atoms with Crippen LogP contribution in [0.5, 0.6) is 5.75 Å². The quantitative estimate of drug-likeness (QED) is 0.655. The summed E-state index contributed by atoms with van der Waals surface area (Å²) in [7, 11) is 0. The van der Waals surface area contributed by atoms with E-state index in [4.69, 9.17) is 4.74 Å². The van der Waals surface area contributed by atoms with Crippen molar-refractivity contribution in [2.75, 3.05) is 0 Å². The van der Waals surface area contributed by atoms with Gasteiger partial charge in [0.15, 0.2) is 0 Å². The molecule has 0 saturated carbocycles. The maximum atomic E-state index is 10.7. The highest BCUT2D eigenvalue weighted by Gasteiger charge is 2.25. The van der Waals surface area contributed by atoms with Crippen LogP contribution in [-0.4, -0.2) is 16.1 Å². The molecular formula is C16H17NO4. The van der Waals surface area contributed by atoms with Crippen LogP contribution in [0.4, 0.5) is 0 Å². The van der Waals surface area contributed by atoms with Gasteiger partial charge in [-0.25, -0.2) is 0 Å². The average molecular weight is 287 g/mol. The van der Waals surface area contributed by atoms with Gasteiger partial charge >= 0.3 is 0 Å². The second-order valence-electron chi connectivity index (χ2n) is 4.82. The van der Waals surface area contributed by atoms with Gasteiger partial charge in [-0.3, -0.25) is 10.1 Å². The molecule has 0 bridgehead atoms. The Morgan fingerprint density at radius 2 is 1.90 bits per heavy atom. The fourth-order valence-electron chi connectivity index (χ4n) is 1.92. The molecule has 2 atom stereocenters. The van der Waals surface area contributed by atoms with Crippen LogP contribution >= 0.6 is 0 Å². The molecule has 5 nitrogen and oxygen atoms in total. The molecule has 0 heterocycles. The molecule has 2 aromatic carbocycles. The molecule has 0 amide bonds. The van der Waals surface area contributed by atoms with Gasteiger partial charge in [0.2, 0.25) is 6.04 Å². The van der Waals surface area contributed by atoms with Gasteiger partial charge in [-0.05, 0) is 23.3 Å². The van der Waals surface area contributed by atoms with Crippen LogP contribution in [0.15, 0.2) is 54.6 Å². The average Bonchev–Trinajstić information content (AvgIpc) is 2.52. The van der Waals surface area contributed by atoms with Gasteiger partial charge in [-0.2, -0.15) is 0 Å². The van der Waals surface area contributed by atoms with Crippen LogP contribution in [0.1, 0.15) is 24.2 Å². The Kier molecular flexibility index (Phi) is 4.90. The van der Waals surface area contributed by atoms with Gasteiger partial charge in [0.05, 0.1) is 0 Å². The topological polar surface area (TPSA) is 72.6 Å². The molecule has 0 aliphatic carbocycles. The first-order valence-electron chi connectivity index (χ1n) is 6.66. The van der Waals surface area contributed by atoms with Gasteiger partial charge in [0.25, 0.3) is 0 Å². The monoisotopic (exact) mass is 287 g/mol. The van der Waals surface area contributed by atoms with Crippen LogP contribution in [-0.2, 0) is 6.61 Å². The number of hydrogen-bond donors (Lipinski definition) is 1. The van der Waals surface area contributed by atoms with E-state index in [2.05, 4.69) is 0 Å². The third kappa shape index (κ3) is 4.03. The Labute approximate surface area is 123 Å². The number of rotatable bonds is 6. The van der Waals surface area contributed by atoms with Gasteiger partial charge in [-0.15, -0.1) is 0 Å². The molecule has 1 N–H and O–H groups in total. The third-order valence-electron chi connectivity index (χ3n) is 3.24. The molecule has 0 aliphatic heterocycles. The Hall–Kier alpha value is -2.40. The fraction of sp³-hybridized carbons (Fsp3) is 0.250. The van der Waals surface area contributed by atoms with Crippen molar-refractivity contribution in [2.24, 2.45) is 0 Å². The van der Waals surface area contributed by atoms with E-state index < -0.39 is 17.1 Å². The molecule has 0 fully saturated rings. The minimum atomic E-state index is -1.15. The Morgan fingerprint density at radius 3 is 2.57 bits per heavy atom. The summed E-state index contributed by atoms with van der Waals surface area (Å²) in [5.41, 5.74) is 1.51. The number of nitrogens with zero attached hydrogens (tertiary/aromatic N) is 1. The van der Waals surface area contributed by atoms with E-state index in [0.717, 1.165) is 5.56 Å². The zero-order valence-electron chi connectivity index (χ0n) is 11.7. The molecule has 0 aromatic heterocycles. The summed E-state index contributed by atoms with van der Waals surface area (Å²) in [5, 5.41) is 20.7. The van der Waals surface area contributed by atoms with Crippen LogP contribution in [0.25, 0.3) is 0 Å². The lowest BCUT2D eigenvalue weighted by atomic mass is 10.0. The van der Waals surface area contributed by atoms with E-state index in [-0.39, 0.29) is 0 Å². The number of aliphatic hydroxyl groups is 1. The van der Waals surface area contributed by atoms with Crippen molar-refractivity contribution in [3.05, 3.63) is 75.8 Å². The molecule has 110 valence electrons. The first-order valence-corrected chi connectivity index (χ1v) is 6.66. The smallest absolute Gasteiger partial charge is 0.239 e. The molecule has 0 radical (unpaired) electrons. The second kappa shape index (κ2) is 6.85. The molecule has 0 saturated heterocycles. The summed E-state index contributed by atoms with van der Waals surface area (Å²) in [5.74, 6) is 0.575. The summed E-state index contributed by atoms with van der Waals surface area (Å²) in [4.78, 5) is 10.2. The van der Waals surface area contributed by atoms with Gasteiger partial charge in [0.1, 0.15) is 18.5 Å². The first kappa shape index (κ1) is 15.0. The lowest BCUT2D eigenvalue weighted by Gasteiger charge is -2.14. The summed E-state index contributed by atoms with van der Waals surface area (Å²) in [6.45, 7) is 1.79. The van der Waals surface area contributed by atoms with Gasteiger partial charge < -0.3 is 9.84 Å². The maximum absolute atomic E-state index is 10.7. The standard InChI is InChI=1S/C16H17NO4/c1-12(17(19)20)16(18)14-8-5-9-15(10-14)21-11-13-6-3-2-4-7-13/h2-10,12,16,18H,11H2,1H3/t12-,16-/m1/s1. The zero-order valence-corrected chi connectivity index (χ0v) is 11.7. The van der Waals surface area contributed by atoms with Crippen molar-refractivity contribution in [1.29, 1.82) is 0 Å². The molecular weight excluding hydrogens is 270 g/mol. The van der Waals surface area contributed by atoms with Crippen molar-refractivity contribution in [2.45, 2.75) is 25.7 Å². The number of benzene rings is 2. The predicted molar refractivity (Wildman–Crippen MR) is 78.6 cm³/mol. The summed E-state index contributed by atoms with van der Waals surface area (Å²) < 4.78 is 5.64. The summed E-state index contributed by atoms with van der Waals surface area (Å²) in [6, 6.07) is 15.4. The molecule has 0 aliphatic rings. The highest BCUT2D eigenvalue weighted by Crippen LogP contribution is 2.23. The van der Waals surface area contributed by atoms with Crippen LogP contribution in [0.2, 0.25) is 0 Å². The minimum absolute atomic E-state index is 0.408. The Bertz CT molecular complexity index is 600. The van der Waals surface area contributed by atoms with Crippen molar-refractivity contribution >= 4 is 0 Å². The van der Waals surface area contributed by atoms with Crippen LogP contribution < -0.4 is 4.74 Å². The molecule has 0 unspecified atom stereocenters. The summed E-state index contributed by atoms with van der Waals surface area (Å²) >= 11 is 0. The van der Waals surface area contributed by atoms with Gasteiger partial charge in [-0.1, -0.05) is 42.5 Å². The van der Waals surface area contributed by atoms with E-state index in [1.54, 1.807) is 24.3 Å². The number of ether oxygens (including phenoxy) is 1. The Morgan fingerprint density at radius 1 is 1.19 bits per heavy atom. The summed E-state index contributed by atoms with van der Waals surface area (Å²) in [6.07, 6.45) is -1.15. The van der Waals surface area contributed by atoms with Crippen molar-refractivity contribution in [1.82, 2.24) is 0 Å². The van der Waals surface area contributed by atoms with E-state index in [0.29, 0.717) is 17.9 Å². The Balaban J connectivity index is 2.05. The highest BCUT2D eigenvalue weighted by atomic mass is 16.6. The van der Waals surface area contributed by atoms with Crippen molar-refractivity contribution < 1.29 is 14.8 Å². The van der Waals surface area contributed by atoms with Gasteiger partial charge in [0, 0.05) is 11.8 Å². The largest absolute Gasteiger partial charge is 0.489 e. The number of nitro groups is 1. The predicted octanol–water partition coefficient (Wildman–Crippen LogP) is 2.96. The molecule has 0 spiro atoms. The SMILES string of the molecule is C[C@H]([C@@H](O)c1cccc(OCc2ccccc2)c1)[N+](=O)[O-]. The normalized spacial score (nSPS) is 13.4.